The zero-order valence-corrected chi connectivity index (χ0v) is 25.3. The first-order valence-electron chi connectivity index (χ1n) is 15.1. The third kappa shape index (κ3) is 6.33. The second kappa shape index (κ2) is 12.6. The second-order valence-electron chi connectivity index (χ2n) is 11.5. The van der Waals surface area contributed by atoms with Gasteiger partial charge in [-0.3, -0.25) is 20.0 Å². The van der Waals surface area contributed by atoms with E-state index in [1.165, 1.54) is 25.0 Å². The summed E-state index contributed by atoms with van der Waals surface area (Å²) >= 11 is 0. The molecular weight excluding hydrogens is 573 g/mol. The highest BCUT2D eigenvalue weighted by Gasteiger charge is 2.18. The largest absolute Gasteiger partial charge is 0.492 e. The van der Waals surface area contributed by atoms with Crippen LogP contribution in [-0.2, 0) is 0 Å². The number of hydrogen-bond donors (Lipinski definition) is 2. The lowest BCUT2D eigenvalue weighted by atomic mass is 10.1. The summed E-state index contributed by atoms with van der Waals surface area (Å²) in [6.45, 7) is 4.97. The van der Waals surface area contributed by atoms with Crippen LogP contribution in [0.2, 0.25) is 0 Å². The molecule has 2 N–H and O–H groups in total. The number of H-pyrrole nitrogens is 2. The van der Waals surface area contributed by atoms with E-state index < -0.39 is 5.82 Å². The van der Waals surface area contributed by atoms with E-state index in [1.807, 2.05) is 37.2 Å². The molecule has 0 spiro atoms. The van der Waals surface area contributed by atoms with Crippen LogP contribution in [0.4, 0.5) is 4.39 Å². The van der Waals surface area contributed by atoms with Crippen molar-refractivity contribution >= 4 is 22.1 Å². The molecular formula is C33H34FN9O2. The molecule has 0 unspecified atom stereocenters. The first kappa shape index (κ1) is 28.8. The Morgan fingerprint density at radius 2 is 1.71 bits per heavy atom. The van der Waals surface area contributed by atoms with Crippen LogP contribution in [0.3, 0.4) is 0 Å². The zero-order valence-electron chi connectivity index (χ0n) is 25.3. The standard InChI is InChI=1S/C33H34FN9O2/c1-42(2)9-11-44-25-14-21(13-24(34)17-25)29-31-28(5-6-36-29)38-33(39-31)30-27-16-23(19-37-32(27)41-40-30)22-15-26(20-35-18-22)45-12-10-43-7-3-4-8-43/h5-6,13-20H,3-4,7-12H2,1-2H3,(H,38,39)(H,37,40,41). The van der Waals surface area contributed by atoms with Crippen molar-refractivity contribution in [3.63, 3.8) is 0 Å². The lowest BCUT2D eigenvalue weighted by Gasteiger charge is -2.15. The Kier molecular flexibility index (Phi) is 8.05. The number of likely N-dealkylation sites (N-methyl/N-ethyl adjacent to an activating group) is 1. The molecule has 1 aliphatic rings. The number of aromatic nitrogens is 7. The highest BCUT2D eigenvalue weighted by molar-refractivity contribution is 5.96. The van der Waals surface area contributed by atoms with Gasteiger partial charge in [-0.1, -0.05) is 0 Å². The summed E-state index contributed by atoms with van der Waals surface area (Å²) in [6.07, 6.45) is 9.52. The van der Waals surface area contributed by atoms with Gasteiger partial charge in [0, 0.05) is 54.4 Å². The third-order valence-electron chi connectivity index (χ3n) is 7.92. The van der Waals surface area contributed by atoms with Crippen molar-refractivity contribution < 1.29 is 13.9 Å². The Hall–Kier alpha value is -4.94. The van der Waals surface area contributed by atoms with Crippen LogP contribution in [-0.4, -0.2) is 98.4 Å². The highest BCUT2D eigenvalue weighted by Crippen LogP contribution is 2.33. The molecule has 0 atom stereocenters. The highest BCUT2D eigenvalue weighted by atomic mass is 19.1. The SMILES string of the molecule is CN(C)CCOc1cc(F)cc(-c2nccc3[nH]c(-c4n[nH]c5ncc(-c6cncc(OCCN7CCCC7)c6)cc45)nc23)c1. The van der Waals surface area contributed by atoms with Gasteiger partial charge < -0.3 is 19.4 Å². The Morgan fingerprint density at radius 3 is 2.58 bits per heavy atom. The third-order valence-corrected chi connectivity index (χ3v) is 7.92. The molecule has 45 heavy (non-hydrogen) atoms. The maximum Gasteiger partial charge on any atom is 0.159 e. The summed E-state index contributed by atoms with van der Waals surface area (Å²) < 4.78 is 26.5. The van der Waals surface area contributed by atoms with Crippen LogP contribution in [0.5, 0.6) is 11.5 Å². The van der Waals surface area contributed by atoms with Gasteiger partial charge in [-0.2, -0.15) is 5.10 Å². The van der Waals surface area contributed by atoms with Gasteiger partial charge in [-0.05, 0) is 70.4 Å². The number of benzene rings is 1. The van der Waals surface area contributed by atoms with Gasteiger partial charge >= 0.3 is 0 Å². The molecule has 1 aliphatic heterocycles. The van der Waals surface area contributed by atoms with Gasteiger partial charge in [-0.15, -0.1) is 0 Å². The quantitative estimate of drug-likeness (QED) is 0.205. The van der Waals surface area contributed by atoms with Crippen molar-refractivity contribution in [2.24, 2.45) is 0 Å². The van der Waals surface area contributed by atoms with E-state index in [9.17, 15) is 4.39 Å². The molecule has 0 bridgehead atoms. The number of hydrogen-bond acceptors (Lipinski definition) is 9. The molecule has 5 aromatic heterocycles. The summed E-state index contributed by atoms with van der Waals surface area (Å²) in [7, 11) is 3.92. The molecule has 0 radical (unpaired) electrons. The van der Waals surface area contributed by atoms with Crippen molar-refractivity contribution in [2.45, 2.75) is 12.8 Å². The maximum atomic E-state index is 14.6. The number of halogens is 1. The van der Waals surface area contributed by atoms with E-state index in [0.29, 0.717) is 59.4 Å². The smallest absolute Gasteiger partial charge is 0.159 e. The van der Waals surface area contributed by atoms with E-state index in [-0.39, 0.29) is 0 Å². The molecule has 12 heteroatoms. The van der Waals surface area contributed by atoms with E-state index in [4.69, 9.17) is 14.5 Å². The molecule has 7 rings (SSSR count). The van der Waals surface area contributed by atoms with Gasteiger partial charge in [0.05, 0.1) is 22.8 Å². The number of likely N-dealkylation sites (tertiary alicyclic amines) is 1. The van der Waals surface area contributed by atoms with Crippen molar-refractivity contribution in [3.8, 4) is 45.4 Å². The van der Waals surface area contributed by atoms with Gasteiger partial charge in [0.25, 0.3) is 0 Å². The van der Waals surface area contributed by atoms with E-state index in [2.05, 4.69) is 35.0 Å². The van der Waals surface area contributed by atoms with Crippen LogP contribution < -0.4 is 9.47 Å². The molecule has 6 heterocycles. The molecule has 0 saturated carbocycles. The first-order valence-corrected chi connectivity index (χ1v) is 15.1. The van der Waals surface area contributed by atoms with Crippen molar-refractivity contribution in [2.75, 3.05) is 53.5 Å². The van der Waals surface area contributed by atoms with E-state index in [0.717, 1.165) is 47.4 Å². The number of nitrogens with zero attached hydrogens (tertiary/aromatic N) is 7. The van der Waals surface area contributed by atoms with Crippen LogP contribution in [0, 0.1) is 5.82 Å². The number of nitrogens with one attached hydrogen (secondary N) is 2. The number of pyridine rings is 3. The fourth-order valence-electron chi connectivity index (χ4n) is 5.58. The molecule has 0 amide bonds. The monoisotopic (exact) mass is 607 g/mol. The number of rotatable bonds is 11. The van der Waals surface area contributed by atoms with Crippen LogP contribution in [0.1, 0.15) is 12.8 Å². The Balaban J connectivity index is 1.17. The zero-order chi connectivity index (χ0) is 30.8. The molecule has 11 nitrogen and oxygen atoms in total. The molecule has 6 aromatic rings. The number of aromatic amines is 2. The average Bonchev–Trinajstić information content (AvgIpc) is 3.80. The minimum atomic E-state index is -0.408. The van der Waals surface area contributed by atoms with Crippen LogP contribution >= 0.6 is 0 Å². The predicted molar refractivity (Wildman–Crippen MR) is 171 cm³/mol. The summed E-state index contributed by atoms with van der Waals surface area (Å²) in [5.41, 5.74) is 5.46. The normalized spacial score (nSPS) is 13.8. The first-order chi connectivity index (χ1) is 22.0. The molecule has 230 valence electrons. The van der Waals surface area contributed by atoms with E-state index in [1.54, 1.807) is 30.9 Å². The second-order valence-corrected chi connectivity index (χ2v) is 11.5. The van der Waals surface area contributed by atoms with Crippen molar-refractivity contribution in [1.82, 2.24) is 44.9 Å². The topological polar surface area (TPSA) is 121 Å². The van der Waals surface area contributed by atoms with Gasteiger partial charge in [0.15, 0.2) is 11.5 Å². The summed E-state index contributed by atoms with van der Waals surface area (Å²) in [4.78, 5) is 26.2. The average molecular weight is 608 g/mol. The van der Waals surface area contributed by atoms with E-state index >= 15 is 0 Å². The number of fused-ring (bicyclic) bond motifs is 2. The number of imidazole rings is 1. The van der Waals surface area contributed by atoms with Crippen LogP contribution in [0.15, 0.2) is 61.2 Å². The van der Waals surface area contributed by atoms with Crippen molar-refractivity contribution in [1.29, 1.82) is 0 Å². The summed E-state index contributed by atoms with van der Waals surface area (Å²) in [6, 6.07) is 10.4. The molecule has 1 saturated heterocycles. The Labute approximate surface area is 259 Å². The van der Waals surface area contributed by atoms with Gasteiger partial charge in [0.1, 0.15) is 41.7 Å². The van der Waals surface area contributed by atoms with Gasteiger partial charge in [0.2, 0.25) is 0 Å². The predicted octanol–water partition coefficient (Wildman–Crippen LogP) is 5.18. The maximum absolute atomic E-state index is 14.6. The van der Waals surface area contributed by atoms with Gasteiger partial charge in [-0.25, -0.2) is 14.4 Å². The fraction of sp³-hybridized carbons (Fsp3) is 0.303. The minimum Gasteiger partial charge on any atom is -0.492 e. The van der Waals surface area contributed by atoms with Crippen molar-refractivity contribution in [3.05, 3.63) is 67.0 Å². The lowest BCUT2D eigenvalue weighted by Crippen LogP contribution is -2.25. The molecule has 1 aromatic carbocycles. The molecule has 1 fully saturated rings. The lowest BCUT2D eigenvalue weighted by molar-refractivity contribution is 0.237. The summed E-state index contributed by atoms with van der Waals surface area (Å²) in [5.74, 6) is 1.30. The number of ether oxygens (including phenoxy) is 2. The minimum absolute atomic E-state index is 0.408. The van der Waals surface area contributed by atoms with Crippen LogP contribution in [0.25, 0.3) is 56.0 Å². The Bertz CT molecular complexity index is 1950. The Morgan fingerprint density at radius 1 is 0.889 bits per heavy atom. The fourth-order valence-corrected chi connectivity index (χ4v) is 5.58. The molecule has 0 aliphatic carbocycles. The summed E-state index contributed by atoms with van der Waals surface area (Å²) in [5, 5.41) is 8.35.